The molecule has 0 spiro atoms. The van der Waals surface area contributed by atoms with Crippen LogP contribution in [0.2, 0.25) is 0 Å². The van der Waals surface area contributed by atoms with E-state index in [0.717, 1.165) is 26.7 Å². The first-order valence-electron chi connectivity index (χ1n) is 12.6. The summed E-state index contributed by atoms with van der Waals surface area (Å²) in [6, 6.07) is 0. The van der Waals surface area contributed by atoms with Crippen LogP contribution in [0.25, 0.3) is 0 Å². The van der Waals surface area contributed by atoms with Crippen molar-refractivity contribution in [1.82, 2.24) is 0 Å². The lowest BCUT2D eigenvalue weighted by molar-refractivity contribution is -0.269. The number of hydrogen-bond donors (Lipinski definition) is 0. The van der Waals surface area contributed by atoms with E-state index in [9.17, 15) is 13.2 Å². The highest BCUT2D eigenvalue weighted by Crippen LogP contribution is 2.46. The van der Waals surface area contributed by atoms with Gasteiger partial charge in [-0.25, -0.2) is 13.2 Å². The summed E-state index contributed by atoms with van der Waals surface area (Å²) in [5.41, 5.74) is -5.71. The van der Waals surface area contributed by atoms with E-state index in [1.54, 1.807) is 0 Å². The number of ether oxygens (including phenoxy) is 4. The Bertz CT molecular complexity index is 593. The predicted octanol–water partition coefficient (Wildman–Crippen LogP) is 7.97. The molecule has 0 aromatic rings. The number of hydrogen-bond acceptors (Lipinski definition) is 4. The van der Waals surface area contributed by atoms with Gasteiger partial charge < -0.3 is 18.9 Å². The average molecular weight is 499 g/mol. The monoisotopic (exact) mass is 498 g/mol. The third-order valence-corrected chi connectivity index (χ3v) is 6.24. The van der Waals surface area contributed by atoms with Crippen molar-refractivity contribution in [2.24, 2.45) is 11.3 Å². The molecule has 0 aliphatic carbocycles. The Morgan fingerprint density at radius 3 is 1.71 bits per heavy atom. The molecule has 0 N–H and O–H groups in total. The maximum Gasteiger partial charge on any atom is 0.288 e. The van der Waals surface area contributed by atoms with Crippen LogP contribution in [0.5, 0.6) is 0 Å². The van der Waals surface area contributed by atoms with Crippen LogP contribution in [-0.4, -0.2) is 54.5 Å². The molecule has 0 bridgehead atoms. The standard InChI is InChI=1S/C27H53F3O4/c1-14-23(6,7)32-16-15-24(8,9)33-18-21(34-25(10,11)17-20(2)3)31-19-22(4,5)27(29,30)26(12,13)28/h20-21H,14-19H2,1-13H3. The van der Waals surface area contributed by atoms with Gasteiger partial charge in [-0.3, -0.25) is 0 Å². The van der Waals surface area contributed by atoms with Gasteiger partial charge in [0.25, 0.3) is 5.92 Å². The lowest BCUT2D eigenvalue weighted by Gasteiger charge is -2.41. The van der Waals surface area contributed by atoms with Crippen LogP contribution in [0.4, 0.5) is 13.2 Å². The molecule has 0 aliphatic rings. The van der Waals surface area contributed by atoms with Crippen LogP contribution in [0.3, 0.4) is 0 Å². The molecule has 7 heteroatoms. The molecule has 0 aromatic carbocycles. The van der Waals surface area contributed by atoms with Crippen molar-refractivity contribution < 1.29 is 32.1 Å². The first-order chi connectivity index (χ1) is 15.0. The molecule has 1 atom stereocenters. The second-order valence-corrected chi connectivity index (χ2v) is 12.9. The van der Waals surface area contributed by atoms with Crippen LogP contribution in [0.1, 0.15) is 109 Å². The highest BCUT2D eigenvalue weighted by molar-refractivity contribution is 4.97. The van der Waals surface area contributed by atoms with E-state index < -0.39 is 34.5 Å². The minimum absolute atomic E-state index is 0.0619. The highest BCUT2D eigenvalue weighted by Gasteiger charge is 2.58. The summed E-state index contributed by atoms with van der Waals surface area (Å²) < 4.78 is 67.9. The van der Waals surface area contributed by atoms with Crippen LogP contribution in [0.15, 0.2) is 0 Å². The SMILES string of the molecule is CCC(C)(C)OCCC(C)(C)OCC(OCC(C)(C)C(F)(F)C(C)(C)F)OC(C)(C)CC(C)C. The van der Waals surface area contributed by atoms with Crippen molar-refractivity contribution in [1.29, 1.82) is 0 Å². The van der Waals surface area contributed by atoms with Crippen LogP contribution in [-0.2, 0) is 18.9 Å². The van der Waals surface area contributed by atoms with E-state index in [0.29, 0.717) is 18.9 Å². The summed E-state index contributed by atoms with van der Waals surface area (Å²) in [7, 11) is 0. The second-order valence-electron chi connectivity index (χ2n) is 12.9. The van der Waals surface area contributed by atoms with Crippen LogP contribution in [0, 0.1) is 11.3 Å². The Balaban J connectivity index is 5.35. The molecule has 34 heavy (non-hydrogen) atoms. The largest absolute Gasteiger partial charge is 0.375 e. The normalized spacial score (nSPS) is 15.8. The number of alkyl halides is 3. The molecule has 206 valence electrons. The average Bonchev–Trinajstić information content (AvgIpc) is 2.61. The lowest BCUT2D eigenvalue weighted by atomic mass is 9.79. The van der Waals surface area contributed by atoms with Crippen molar-refractivity contribution in [2.75, 3.05) is 19.8 Å². The van der Waals surface area contributed by atoms with E-state index in [2.05, 4.69) is 20.8 Å². The molecule has 4 nitrogen and oxygen atoms in total. The van der Waals surface area contributed by atoms with E-state index in [-0.39, 0.29) is 18.8 Å². The van der Waals surface area contributed by atoms with Crippen LogP contribution < -0.4 is 0 Å². The smallest absolute Gasteiger partial charge is 0.288 e. The molecule has 0 radical (unpaired) electrons. The minimum atomic E-state index is -3.60. The Kier molecular flexibility index (Phi) is 12.1. The molecular formula is C27H53F3O4. The Hall–Kier alpha value is -0.370. The molecule has 0 heterocycles. The zero-order chi connectivity index (χ0) is 27.2. The molecule has 0 fully saturated rings. The molecule has 0 saturated carbocycles. The minimum Gasteiger partial charge on any atom is -0.375 e. The summed E-state index contributed by atoms with van der Waals surface area (Å²) >= 11 is 0. The van der Waals surface area contributed by atoms with Crippen molar-refractivity contribution in [3.05, 3.63) is 0 Å². The van der Waals surface area contributed by atoms with Gasteiger partial charge in [-0.15, -0.1) is 0 Å². The van der Waals surface area contributed by atoms with Crippen molar-refractivity contribution in [2.45, 2.75) is 144 Å². The molecule has 0 aromatic heterocycles. The first-order valence-corrected chi connectivity index (χ1v) is 12.6. The lowest BCUT2D eigenvalue weighted by Crippen LogP contribution is -2.53. The van der Waals surface area contributed by atoms with Gasteiger partial charge in [0.1, 0.15) is 0 Å². The summed E-state index contributed by atoms with van der Waals surface area (Å²) in [6.07, 6.45) is 1.43. The second kappa shape index (κ2) is 12.2. The molecule has 0 aliphatic heterocycles. The van der Waals surface area contributed by atoms with Crippen molar-refractivity contribution in [3.63, 3.8) is 0 Å². The highest BCUT2D eigenvalue weighted by atomic mass is 19.3. The predicted molar refractivity (Wildman–Crippen MR) is 133 cm³/mol. The van der Waals surface area contributed by atoms with Gasteiger partial charge in [-0.2, -0.15) is 0 Å². The fourth-order valence-corrected chi connectivity index (χ4v) is 3.74. The zero-order valence-corrected chi connectivity index (χ0v) is 24.2. The fraction of sp³-hybridized carbons (Fsp3) is 1.00. The van der Waals surface area contributed by atoms with Gasteiger partial charge in [0.15, 0.2) is 12.0 Å². The van der Waals surface area contributed by atoms with Gasteiger partial charge in [0, 0.05) is 0 Å². The van der Waals surface area contributed by atoms with Gasteiger partial charge in [0.2, 0.25) is 0 Å². The van der Waals surface area contributed by atoms with Crippen molar-refractivity contribution in [3.8, 4) is 0 Å². The molecular weight excluding hydrogens is 445 g/mol. The van der Waals surface area contributed by atoms with Crippen LogP contribution >= 0.6 is 0 Å². The maximum atomic E-state index is 14.8. The molecule has 0 rings (SSSR count). The van der Waals surface area contributed by atoms with Gasteiger partial charge in [0.05, 0.1) is 42.0 Å². The fourth-order valence-electron chi connectivity index (χ4n) is 3.74. The third-order valence-electron chi connectivity index (χ3n) is 6.24. The van der Waals surface area contributed by atoms with E-state index in [1.165, 1.54) is 13.8 Å². The summed E-state index contributed by atoms with van der Waals surface area (Å²) in [4.78, 5) is 0. The van der Waals surface area contributed by atoms with Gasteiger partial charge in [-0.05, 0) is 80.6 Å². The Morgan fingerprint density at radius 1 is 0.735 bits per heavy atom. The zero-order valence-electron chi connectivity index (χ0n) is 24.2. The summed E-state index contributed by atoms with van der Waals surface area (Å²) in [6.45, 7) is 22.8. The third kappa shape index (κ3) is 11.6. The summed E-state index contributed by atoms with van der Waals surface area (Å²) in [5.74, 6) is -3.22. The van der Waals surface area contributed by atoms with Gasteiger partial charge in [-0.1, -0.05) is 34.6 Å². The molecule has 0 amide bonds. The van der Waals surface area contributed by atoms with E-state index in [4.69, 9.17) is 18.9 Å². The topological polar surface area (TPSA) is 36.9 Å². The van der Waals surface area contributed by atoms with Crippen molar-refractivity contribution >= 4 is 0 Å². The van der Waals surface area contributed by atoms with E-state index in [1.807, 2.05) is 41.5 Å². The molecule has 0 saturated heterocycles. The Morgan fingerprint density at radius 2 is 1.26 bits per heavy atom. The van der Waals surface area contributed by atoms with E-state index >= 15 is 0 Å². The maximum absolute atomic E-state index is 14.8. The Labute approximate surface area is 207 Å². The molecule has 1 unspecified atom stereocenters. The quantitative estimate of drug-likeness (QED) is 0.191. The van der Waals surface area contributed by atoms with Gasteiger partial charge >= 0.3 is 0 Å². The number of halogens is 3. The number of rotatable bonds is 17. The first kappa shape index (κ1) is 33.6. The summed E-state index contributed by atoms with van der Waals surface area (Å²) in [5, 5.41) is 0.